The van der Waals surface area contributed by atoms with Crippen LogP contribution in [0.15, 0.2) is 30.3 Å². The lowest BCUT2D eigenvalue weighted by Gasteiger charge is -2.20. The number of rotatable bonds is 4. The number of fused-ring (bicyclic) bond motifs is 1. The van der Waals surface area contributed by atoms with E-state index in [1.54, 1.807) is 25.1 Å². The van der Waals surface area contributed by atoms with Crippen LogP contribution in [0.5, 0.6) is 17.2 Å². The van der Waals surface area contributed by atoms with E-state index in [1.165, 1.54) is 0 Å². The first-order valence-corrected chi connectivity index (χ1v) is 8.46. The first kappa shape index (κ1) is 17.4. The fraction of sp³-hybridized carbons (Fsp3) is 0.316. The minimum absolute atomic E-state index is 0.248. The molecule has 1 atom stereocenters. The second-order valence-electron chi connectivity index (χ2n) is 5.98. The standard InChI is InChI=1S/C19H20ClNO4/c1-11-8-15(9-12(2)18(11)20)25-13(3)19(22)21-14-4-5-16-17(10-14)24-7-6-23-16/h4-5,8-10,13H,6-7H2,1-3H3,(H,21,22)/t13-/m1/s1. The lowest BCUT2D eigenvalue weighted by Crippen LogP contribution is -2.30. The van der Waals surface area contributed by atoms with Crippen molar-refractivity contribution in [3.8, 4) is 17.2 Å². The molecule has 132 valence electrons. The summed E-state index contributed by atoms with van der Waals surface area (Å²) in [6.45, 7) is 6.54. The Labute approximate surface area is 151 Å². The quantitative estimate of drug-likeness (QED) is 0.889. The number of benzene rings is 2. The van der Waals surface area contributed by atoms with Gasteiger partial charge in [-0.25, -0.2) is 0 Å². The van der Waals surface area contributed by atoms with Gasteiger partial charge in [0.1, 0.15) is 19.0 Å². The fourth-order valence-corrected chi connectivity index (χ4v) is 2.71. The molecule has 6 heteroatoms. The first-order chi connectivity index (χ1) is 11.9. The van der Waals surface area contributed by atoms with Crippen LogP contribution in [0.3, 0.4) is 0 Å². The molecule has 0 radical (unpaired) electrons. The molecule has 2 aromatic carbocycles. The van der Waals surface area contributed by atoms with Gasteiger partial charge in [0.2, 0.25) is 0 Å². The second kappa shape index (κ2) is 7.23. The lowest BCUT2D eigenvalue weighted by atomic mass is 10.1. The van der Waals surface area contributed by atoms with Crippen molar-refractivity contribution in [1.82, 2.24) is 0 Å². The van der Waals surface area contributed by atoms with Gasteiger partial charge in [-0.2, -0.15) is 0 Å². The number of ether oxygens (including phenoxy) is 3. The third kappa shape index (κ3) is 3.99. The zero-order chi connectivity index (χ0) is 18.0. The summed E-state index contributed by atoms with van der Waals surface area (Å²) < 4.78 is 16.7. The Kier molecular flexibility index (Phi) is 5.04. The highest BCUT2D eigenvalue weighted by molar-refractivity contribution is 6.32. The average molecular weight is 362 g/mol. The zero-order valence-electron chi connectivity index (χ0n) is 14.4. The minimum Gasteiger partial charge on any atom is -0.486 e. The molecule has 3 rings (SSSR count). The Morgan fingerprint density at radius 1 is 1.12 bits per heavy atom. The summed E-state index contributed by atoms with van der Waals surface area (Å²) in [6, 6.07) is 8.94. The van der Waals surface area contributed by atoms with Crippen molar-refractivity contribution in [2.24, 2.45) is 0 Å². The normalized spacial score (nSPS) is 13.9. The van der Waals surface area contributed by atoms with Crippen molar-refractivity contribution >= 4 is 23.2 Å². The van der Waals surface area contributed by atoms with Gasteiger partial charge >= 0.3 is 0 Å². The van der Waals surface area contributed by atoms with Crippen molar-refractivity contribution in [3.05, 3.63) is 46.5 Å². The first-order valence-electron chi connectivity index (χ1n) is 8.08. The molecule has 1 amide bonds. The molecule has 1 N–H and O–H groups in total. The van der Waals surface area contributed by atoms with E-state index in [-0.39, 0.29) is 5.91 Å². The summed E-state index contributed by atoms with van der Waals surface area (Å²) in [5, 5.41) is 3.54. The number of anilines is 1. The molecule has 5 nitrogen and oxygen atoms in total. The van der Waals surface area contributed by atoms with Gasteiger partial charge < -0.3 is 19.5 Å². The third-order valence-electron chi connectivity index (χ3n) is 3.90. The minimum atomic E-state index is -0.659. The number of halogens is 1. The topological polar surface area (TPSA) is 56.8 Å². The predicted molar refractivity (Wildman–Crippen MR) is 97.1 cm³/mol. The number of hydrogen-bond acceptors (Lipinski definition) is 4. The van der Waals surface area contributed by atoms with E-state index in [0.717, 1.165) is 11.1 Å². The van der Waals surface area contributed by atoms with Gasteiger partial charge in [0.05, 0.1) is 0 Å². The molecule has 1 heterocycles. The van der Waals surface area contributed by atoms with E-state index >= 15 is 0 Å². The Morgan fingerprint density at radius 3 is 2.44 bits per heavy atom. The predicted octanol–water partition coefficient (Wildman–Crippen LogP) is 4.13. The molecule has 0 spiro atoms. The second-order valence-corrected chi connectivity index (χ2v) is 6.36. The monoisotopic (exact) mass is 361 g/mol. The summed E-state index contributed by atoms with van der Waals surface area (Å²) >= 11 is 6.16. The van der Waals surface area contributed by atoms with Crippen LogP contribution in [0.2, 0.25) is 5.02 Å². The van der Waals surface area contributed by atoms with E-state index in [2.05, 4.69) is 5.32 Å². The lowest BCUT2D eigenvalue weighted by molar-refractivity contribution is -0.122. The van der Waals surface area contributed by atoms with Gasteiger partial charge in [0.15, 0.2) is 17.6 Å². The van der Waals surface area contributed by atoms with E-state index < -0.39 is 6.10 Å². The van der Waals surface area contributed by atoms with Gasteiger partial charge in [0.25, 0.3) is 5.91 Å². The molecule has 1 aliphatic rings. The van der Waals surface area contributed by atoms with E-state index in [1.807, 2.05) is 26.0 Å². The number of amides is 1. The number of carbonyl (C=O) groups is 1. The van der Waals surface area contributed by atoms with Crippen LogP contribution >= 0.6 is 11.6 Å². The molecule has 1 aliphatic heterocycles. The van der Waals surface area contributed by atoms with Gasteiger partial charge in [0, 0.05) is 16.8 Å². The number of nitrogens with one attached hydrogen (secondary N) is 1. The fourth-order valence-electron chi connectivity index (χ4n) is 2.60. The van der Waals surface area contributed by atoms with E-state index in [9.17, 15) is 4.79 Å². The maximum absolute atomic E-state index is 12.4. The van der Waals surface area contributed by atoms with Crippen molar-refractivity contribution in [2.75, 3.05) is 18.5 Å². The van der Waals surface area contributed by atoms with Crippen LogP contribution in [0.1, 0.15) is 18.1 Å². The highest BCUT2D eigenvalue weighted by atomic mass is 35.5. The summed E-state index contributed by atoms with van der Waals surface area (Å²) in [7, 11) is 0. The molecule has 0 fully saturated rings. The zero-order valence-corrected chi connectivity index (χ0v) is 15.1. The SMILES string of the molecule is Cc1cc(O[C@H](C)C(=O)Nc2ccc3c(c2)OCCO3)cc(C)c1Cl. The molecular weight excluding hydrogens is 342 g/mol. The number of hydrogen-bond donors (Lipinski definition) is 1. The Hall–Kier alpha value is -2.40. The molecule has 2 aromatic rings. The molecule has 0 saturated carbocycles. The van der Waals surface area contributed by atoms with Gasteiger partial charge in [-0.05, 0) is 56.2 Å². The Morgan fingerprint density at radius 2 is 1.76 bits per heavy atom. The molecule has 0 aromatic heterocycles. The third-order valence-corrected chi connectivity index (χ3v) is 4.50. The van der Waals surface area contributed by atoms with Gasteiger partial charge in [-0.15, -0.1) is 0 Å². The average Bonchev–Trinajstić information content (AvgIpc) is 2.59. The Balaban J connectivity index is 1.67. The van der Waals surface area contributed by atoms with Crippen LogP contribution in [-0.2, 0) is 4.79 Å². The smallest absolute Gasteiger partial charge is 0.265 e. The Bertz CT molecular complexity index is 783. The van der Waals surface area contributed by atoms with E-state index in [0.29, 0.717) is 41.2 Å². The van der Waals surface area contributed by atoms with Gasteiger partial charge in [-0.3, -0.25) is 4.79 Å². The summed E-state index contributed by atoms with van der Waals surface area (Å²) in [4.78, 5) is 12.4. The summed E-state index contributed by atoms with van der Waals surface area (Å²) in [5.41, 5.74) is 2.46. The van der Waals surface area contributed by atoms with Crippen molar-refractivity contribution < 1.29 is 19.0 Å². The largest absolute Gasteiger partial charge is 0.486 e. The van der Waals surface area contributed by atoms with Crippen LogP contribution in [-0.4, -0.2) is 25.2 Å². The highest BCUT2D eigenvalue weighted by Crippen LogP contribution is 2.32. The van der Waals surface area contributed by atoms with Crippen molar-refractivity contribution in [2.45, 2.75) is 26.9 Å². The molecule has 0 aliphatic carbocycles. The van der Waals surface area contributed by atoms with Crippen LogP contribution in [0.4, 0.5) is 5.69 Å². The molecule has 0 bridgehead atoms. The summed E-state index contributed by atoms with van der Waals surface area (Å²) in [5.74, 6) is 1.67. The molecule has 25 heavy (non-hydrogen) atoms. The molecular formula is C19H20ClNO4. The number of carbonyl (C=O) groups excluding carboxylic acids is 1. The van der Waals surface area contributed by atoms with Crippen molar-refractivity contribution in [3.63, 3.8) is 0 Å². The maximum Gasteiger partial charge on any atom is 0.265 e. The molecule has 0 unspecified atom stereocenters. The number of aryl methyl sites for hydroxylation is 2. The summed E-state index contributed by atoms with van der Waals surface area (Å²) in [6.07, 6.45) is -0.659. The van der Waals surface area contributed by atoms with E-state index in [4.69, 9.17) is 25.8 Å². The van der Waals surface area contributed by atoms with Crippen LogP contribution in [0, 0.1) is 13.8 Å². The van der Waals surface area contributed by atoms with Gasteiger partial charge in [-0.1, -0.05) is 11.6 Å². The van der Waals surface area contributed by atoms with Crippen LogP contribution < -0.4 is 19.5 Å². The van der Waals surface area contributed by atoms with Crippen LogP contribution in [0.25, 0.3) is 0 Å². The maximum atomic E-state index is 12.4. The highest BCUT2D eigenvalue weighted by Gasteiger charge is 2.18. The van der Waals surface area contributed by atoms with Crippen molar-refractivity contribution in [1.29, 1.82) is 0 Å². The molecule has 0 saturated heterocycles.